The van der Waals surface area contributed by atoms with Crippen molar-refractivity contribution in [3.05, 3.63) is 18.3 Å². The summed E-state index contributed by atoms with van der Waals surface area (Å²) in [6.07, 6.45) is 4.16. The van der Waals surface area contributed by atoms with E-state index in [1.165, 1.54) is 12.8 Å². The van der Waals surface area contributed by atoms with Crippen LogP contribution in [-0.2, 0) is 4.79 Å². The van der Waals surface area contributed by atoms with Gasteiger partial charge in [0.15, 0.2) is 5.82 Å². The first-order valence-electron chi connectivity index (χ1n) is 5.37. The van der Waals surface area contributed by atoms with Crippen LogP contribution in [0.1, 0.15) is 12.8 Å². The molecule has 1 amide bonds. The summed E-state index contributed by atoms with van der Waals surface area (Å²) in [4.78, 5) is 17.9. The molecule has 16 heavy (non-hydrogen) atoms. The lowest BCUT2D eigenvalue weighted by molar-refractivity contribution is -0.113. The first-order valence-corrected chi connectivity index (χ1v) is 6.49. The molecule has 0 unspecified atom stereocenters. The van der Waals surface area contributed by atoms with Crippen LogP contribution in [0.4, 0.5) is 11.5 Å². The molecule has 1 saturated heterocycles. The van der Waals surface area contributed by atoms with Crippen LogP contribution in [0.25, 0.3) is 0 Å². The lowest BCUT2D eigenvalue weighted by Gasteiger charge is -2.19. The summed E-state index contributed by atoms with van der Waals surface area (Å²) in [6, 6.07) is 3.73. The molecule has 0 spiro atoms. The molecule has 0 saturated carbocycles. The largest absolute Gasteiger partial charge is 0.355 e. The Kier molecular flexibility index (Phi) is 3.77. The Bertz CT molecular complexity index is 377. The number of hydrogen-bond acceptors (Lipinski definition) is 3. The molecule has 1 N–H and O–H groups in total. The smallest absolute Gasteiger partial charge is 0.235 e. The number of anilines is 2. The number of amides is 1. The lowest BCUT2D eigenvalue weighted by Crippen LogP contribution is -2.22. The standard InChI is InChI=1S/C11H14BrN3O/c12-8-10(16)14-9-4-3-5-13-11(9)15-6-1-2-7-15/h3-5H,1-2,6-8H2,(H,14,16). The van der Waals surface area contributed by atoms with Gasteiger partial charge in [0.05, 0.1) is 11.0 Å². The summed E-state index contributed by atoms with van der Waals surface area (Å²) in [7, 11) is 0. The van der Waals surface area contributed by atoms with Gasteiger partial charge in [0.1, 0.15) is 0 Å². The highest BCUT2D eigenvalue weighted by Crippen LogP contribution is 2.25. The first-order chi connectivity index (χ1) is 7.81. The van der Waals surface area contributed by atoms with E-state index < -0.39 is 0 Å². The maximum absolute atomic E-state index is 11.3. The molecule has 2 rings (SSSR count). The predicted molar refractivity (Wildman–Crippen MR) is 68.1 cm³/mol. The quantitative estimate of drug-likeness (QED) is 0.864. The third-order valence-corrected chi connectivity index (χ3v) is 3.10. The molecule has 1 aromatic heterocycles. The summed E-state index contributed by atoms with van der Waals surface area (Å²) < 4.78 is 0. The van der Waals surface area contributed by atoms with Crippen LogP contribution in [-0.4, -0.2) is 29.3 Å². The van der Waals surface area contributed by atoms with Gasteiger partial charge in [-0.05, 0) is 25.0 Å². The Labute approximate surface area is 103 Å². The number of nitrogens with zero attached hydrogens (tertiary/aromatic N) is 2. The van der Waals surface area contributed by atoms with Crippen LogP contribution in [0.3, 0.4) is 0 Å². The van der Waals surface area contributed by atoms with E-state index >= 15 is 0 Å². The van der Waals surface area contributed by atoms with Gasteiger partial charge in [-0.2, -0.15) is 0 Å². The van der Waals surface area contributed by atoms with Crippen LogP contribution in [0.5, 0.6) is 0 Å². The van der Waals surface area contributed by atoms with Crippen molar-refractivity contribution in [2.45, 2.75) is 12.8 Å². The molecule has 1 aliphatic rings. The topological polar surface area (TPSA) is 45.2 Å². The molecule has 1 aliphatic heterocycles. The van der Waals surface area contributed by atoms with E-state index in [1.807, 2.05) is 12.1 Å². The number of nitrogens with one attached hydrogen (secondary N) is 1. The molecule has 1 fully saturated rings. The van der Waals surface area contributed by atoms with Gasteiger partial charge >= 0.3 is 0 Å². The Morgan fingerprint density at radius 1 is 1.50 bits per heavy atom. The summed E-state index contributed by atoms with van der Waals surface area (Å²) >= 11 is 3.13. The highest BCUT2D eigenvalue weighted by Gasteiger charge is 2.17. The fourth-order valence-corrected chi connectivity index (χ4v) is 2.00. The number of carbonyl (C=O) groups excluding carboxylic acids is 1. The molecule has 4 nitrogen and oxygen atoms in total. The van der Waals surface area contributed by atoms with Gasteiger partial charge in [-0.25, -0.2) is 4.98 Å². The molecule has 0 aromatic carbocycles. The second-order valence-corrected chi connectivity index (χ2v) is 4.31. The molecule has 0 aliphatic carbocycles. The van der Waals surface area contributed by atoms with E-state index in [9.17, 15) is 4.79 Å². The minimum Gasteiger partial charge on any atom is -0.355 e. The third kappa shape index (κ3) is 2.52. The Morgan fingerprint density at radius 2 is 2.25 bits per heavy atom. The van der Waals surface area contributed by atoms with E-state index in [0.29, 0.717) is 5.33 Å². The SMILES string of the molecule is O=C(CBr)Nc1cccnc1N1CCCC1. The zero-order valence-electron chi connectivity index (χ0n) is 8.95. The second-order valence-electron chi connectivity index (χ2n) is 3.75. The van der Waals surface area contributed by atoms with Crippen molar-refractivity contribution in [1.29, 1.82) is 0 Å². The number of halogens is 1. The molecule has 86 valence electrons. The zero-order valence-corrected chi connectivity index (χ0v) is 10.5. The van der Waals surface area contributed by atoms with E-state index in [0.717, 1.165) is 24.6 Å². The van der Waals surface area contributed by atoms with Crippen LogP contribution in [0, 0.1) is 0 Å². The number of aromatic nitrogens is 1. The molecule has 2 heterocycles. The summed E-state index contributed by atoms with van der Waals surface area (Å²) in [5, 5.41) is 3.15. The van der Waals surface area contributed by atoms with Crippen molar-refractivity contribution in [3.8, 4) is 0 Å². The van der Waals surface area contributed by atoms with Crippen LogP contribution >= 0.6 is 15.9 Å². The lowest BCUT2D eigenvalue weighted by atomic mass is 10.3. The summed E-state index contributed by atoms with van der Waals surface area (Å²) in [5.41, 5.74) is 0.800. The van der Waals surface area contributed by atoms with Gasteiger partial charge in [0.25, 0.3) is 0 Å². The minimum absolute atomic E-state index is 0.0477. The van der Waals surface area contributed by atoms with Gasteiger partial charge in [-0.15, -0.1) is 0 Å². The van der Waals surface area contributed by atoms with Gasteiger partial charge in [0.2, 0.25) is 5.91 Å². The summed E-state index contributed by atoms with van der Waals surface area (Å²) in [6.45, 7) is 2.04. The fraction of sp³-hybridized carbons (Fsp3) is 0.455. The molecule has 5 heteroatoms. The second kappa shape index (κ2) is 5.30. The van der Waals surface area contributed by atoms with E-state index in [-0.39, 0.29) is 5.91 Å². The van der Waals surface area contributed by atoms with Gasteiger partial charge < -0.3 is 10.2 Å². The highest BCUT2D eigenvalue weighted by molar-refractivity contribution is 9.09. The van der Waals surface area contributed by atoms with Crippen molar-refractivity contribution < 1.29 is 4.79 Å². The maximum Gasteiger partial charge on any atom is 0.235 e. The Balaban J connectivity index is 2.19. The zero-order chi connectivity index (χ0) is 11.4. The summed E-state index contributed by atoms with van der Waals surface area (Å²) in [5.74, 6) is 0.836. The molecular weight excluding hydrogens is 270 g/mol. The van der Waals surface area contributed by atoms with Crippen molar-refractivity contribution in [3.63, 3.8) is 0 Å². The van der Waals surface area contributed by atoms with Crippen molar-refractivity contribution in [2.24, 2.45) is 0 Å². The Morgan fingerprint density at radius 3 is 2.94 bits per heavy atom. The predicted octanol–water partition coefficient (Wildman–Crippen LogP) is 2.02. The highest BCUT2D eigenvalue weighted by atomic mass is 79.9. The minimum atomic E-state index is -0.0477. The van der Waals surface area contributed by atoms with Crippen LogP contribution in [0.15, 0.2) is 18.3 Å². The van der Waals surface area contributed by atoms with Gasteiger partial charge in [-0.1, -0.05) is 15.9 Å². The third-order valence-electron chi connectivity index (χ3n) is 2.59. The van der Waals surface area contributed by atoms with Crippen molar-refractivity contribution in [2.75, 3.05) is 28.6 Å². The number of alkyl halides is 1. The Hall–Kier alpha value is -1.10. The average Bonchev–Trinajstić information content (AvgIpc) is 2.83. The number of pyridine rings is 1. The molecule has 0 atom stereocenters. The molecule has 0 radical (unpaired) electrons. The molecule has 1 aromatic rings. The van der Waals surface area contributed by atoms with Gasteiger partial charge in [0, 0.05) is 19.3 Å². The molecular formula is C11H14BrN3O. The van der Waals surface area contributed by atoms with E-state index in [2.05, 4.69) is 31.1 Å². The van der Waals surface area contributed by atoms with Gasteiger partial charge in [-0.3, -0.25) is 4.79 Å². The average molecular weight is 284 g/mol. The van der Waals surface area contributed by atoms with Crippen LogP contribution < -0.4 is 10.2 Å². The number of hydrogen-bond donors (Lipinski definition) is 1. The fourth-order valence-electron chi connectivity index (χ4n) is 1.86. The normalized spacial score (nSPS) is 15.2. The van der Waals surface area contributed by atoms with E-state index in [1.54, 1.807) is 6.20 Å². The monoisotopic (exact) mass is 283 g/mol. The van der Waals surface area contributed by atoms with Crippen molar-refractivity contribution in [1.82, 2.24) is 4.98 Å². The number of carbonyl (C=O) groups is 1. The van der Waals surface area contributed by atoms with E-state index in [4.69, 9.17) is 0 Å². The van der Waals surface area contributed by atoms with Crippen LogP contribution in [0.2, 0.25) is 0 Å². The first kappa shape index (κ1) is 11.4. The molecule has 0 bridgehead atoms. The maximum atomic E-state index is 11.3. The number of rotatable bonds is 3. The van der Waals surface area contributed by atoms with Crippen molar-refractivity contribution >= 4 is 33.3 Å².